The Morgan fingerprint density at radius 2 is 2.27 bits per heavy atom. The predicted octanol–water partition coefficient (Wildman–Crippen LogP) is -1.17. The summed E-state index contributed by atoms with van der Waals surface area (Å²) >= 11 is 0. The molecule has 0 aromatic carbocycles. The average molecular weight is 209 g/mol. The molecule has 2 rings (SSSR count). The second-order valence-electron chi connectivity index (χ2n) is 3.18. The first-order chi connectivity index (χ1) is 7.20. The van der Waals surface area contributed by atoms with Gasteiger partial charge >= 0.3 is 0 Å². The lowest BCUT2D eigenvalue weighted by atomic mass is 10.2. The standard InChI is InChI=1S/C8H11N5O2/c9-7-6-8(11-3-10-7)13-5(12-6)1-4(15)2-14/h3-4,14-15H,1-2H2,(H3,9,10,11,12,13). The number of anilines is 1. The average Bonchev–Trinajstić information content (AvgIpc) is 2.62. The molecule has 7 nitrogen and oxygen atoms in total. The van der Waals surface area contributed by atoms with Crippen molar-refractivity contribution in [2.24, 2.45) is 0 Å². The Kier molecular flexibility index (Phi) is 2.48. The van der Waals surface area contributed by atoms with E-state index in [1.807, 2.05) is 0 Å². The molecule has 2 aromatic rings. The van der Waals surface area contributed by atoms with Crippen molar-refractivity contribution in [1.82, 2.24) is 19.9 Å². The smallest absolute Gasteiger partial charge is 0.183 e. The van der Waals surface area contributed by atoms with Gasteiger partial charge in [0.25, 0.3) is 0 Å². The van der Waals surface area contributed by atoms with Crippen LogP contribution in [0, 0.1) is 0 Å². The molecular formula is C8H11N5O2. The lowest BCUT2D eigenvalue weighted by Gasteiger charge is -2.02. The zero-order valence-electron chi connectivity index (χ0n) is 7.88. The normalized spacial score (nSPS) is 13.2. The molecule has 0 fully saturated rings. The van der Waals surface area contributed by atoms with Gasteiger partial charge in [-0.3, -0.25) is 0 Å². The van der Waals surface area contributed by atoms with Crippen molar-refractivity contribution >= 4 is 17.0 Å². The van der Waals surface area contributed by atoms with Crippen LogP contribution in [-0.2, 0) is 6.42 Å². The predicted molar refractivity (Wildman–Crippen MR) is 52.9 cm³/mol. The third-order valence-electron chi connectivity index (χ3n) is 2.01. The summed E-state index contributed by atoms with van der Waals surface area (Å²) in [5, 5.41) is 17.9. The van der Waals surface area contributed by atoms with Gasteiger partial charge in [0.1, 0.15) is 17.7 Å². The first kappa shape index (κ1) is 9.81. The zero-order valence-corrected chi connectivity index (χ0v) is 7.88. The minimum Gasteiger partial charge on any atom is -0.394 e. The Morgan fingerprint density at radius 1 is 1.47 bits per heavy atom. The molecule has 0 aliphatic rings. The molecule has 0 amide bonds. The summed E-state index contributed by atoms with van der Waals surface area (Å²) in [6.45, 7) is -0.307. The second-order valence-corrected chi connectivity index (χ2v) is 3.18. The van der Waals surface area contributed by atoms with Gasteiger partial charge in [-0.05, 0) is 0 Å². The number of nitrogens with zero attached hydrogens (tertiary/aromatic N) is 3. The molecule has 0 aliphatic carbocycles. The molecule has 1 unspecified atom stereocenters. The monoisotopic (exact) mass is 209 g/mol. The maximum Gasteiger partial charge on any atom is 0.183 e. The maximum absolute atomic E-state index is 9.23. The topological polar surface area (TPSA) is 121 Å². The van der Waals surface area contributed by atoms with E-state index < -0.39 is 6.10 Å². The van der Waals surface area contributed by atoms with Crippen LogP contribution in [0.5, 0.6) is 0 Å². The van der Waals surface area contributed by atoms with E-state index in [0.29, 0.717) is 22.8 Å². The van der Waals surface area contributed by atoms with Crippen LogP contribution in [0.1, 0.15) is 5.82 Å². The molecule has 0 aliphatic heterocycles. The summed E-state index contributed by atoms with van der Waals surface area (Å²) in [7, 11) is 0. The van der Waals surface area contributed by atoms with E-state index in [9.17, 15) is 5.11 Å². The van der Waals surface area contributed by atoms with E-state index in [1.54, 1.807) is 0 Å². The maximum atomic E-state index is 9.23. The summed E-state index contributed by atoms with van der Waals surface area (Å²) in [5.41, 5.74) is 6.61. The van der Waals surface area contributed by atoms with Gasteiger partial charge in [-0.15, -0.1) is 0 Å². The van der Waals surface area contributed by atoms with Crippen molar-refractivity contribution in [3.63, 3.8) is 0 Å². The fourth-order valence-electron chi connectivity index (χ4n) is 1.28. The lowest BCUT2D eigenvalue weighted by molar-refractivity contribution is 0.0941. The SMILES string of the molecule is Nc1ncnc2nc(CC(O)CO)[nH]c12. The summed E-state index contributed by atoms with van der Waals surface area (Å²) in [6.07, 6.45) is 0.719. The summed E-state index contributed by atoms with van der Waals surface area (Å²) in [6, 6.07) is 0. The lowest BCUT2D eigenvalue weighted by Crippen LogP contribution is -2.15. The molecule has 0 saturated carbocycles. The van der Waals surface area contributed by atoms with Crippen LogP contribution < -0.4 is 5.73 Å². The van der Waals surface area contributed by atoms with Crippen LogP contribution in [0.15, 0.2) is 6.33 Å². The number of rotatable bonds is 3. The highest BCUT2D eigenvalue weighted by molar-refractivity contribution is 5.80. The number of nitrogens with two attached hydrogens (primary N) is 1. The number of hydrogen-bond acceptors (Lipinski definition) is 6. The van der Waals surface area contributed by atoms with Crippen molar-refractivity contribution in [2.45, 2.75) is 12.5 Å². The van der Waals surface area contributed by atoms with E-state index in [-0.39, 0.29) is 13.0 Å². The van der Waals surface area contributed by atoms with Gasteiger partial charge in [-0.1, -0.05) is 0 Å². The minimum absolute atomic E-state index is 0.228. The van der Waals surface area contributed by atoms with Gasteiger partial charge in [0.15, 0.2) is 11.5 Å². The number of nitrogens with one attached hydrogen (secondary N) is 1. The molecule has 0 saturated heterocycles. The zero-order chi connectivity index (χ0) is 10.8. The van der Waals surface area contributed by atoms with Gasteiger partial charge in [0.2, 0.25) is 0 Å². The van der Waals surface area contributed by atoms with Crippen LogP contribution in [0.3, 0.4) is 0 Å². The van der Waals surface area contributed by atoms with Gasteiger partial charge in [-0.25, -0.2) is 15.0 Å². The van der Waals surface area contributed by atoms with Gasteiger partial charge in [0, 0.05) is 6.42 Å². The van der Waals surface area contributed by atoms with E-state index >= 15 is 0 Å². The third-order valence-corrected chi connectivity index (χ3v) is 2.01. The first-order valence-corrected chi connectivity index (χ1v) is 4.44. The van der Waals surface area contributed by atoms with Crippen molar-refractivity contribution in [1.29, 1.82) is 0 Å². The molecule has 2 heterocycles. The van der Waals surface area contributed by atoms with Gasteiger partial charge < -0.3 is 20.9 Å². The van der Waals surface area contributed by atoms with Crippen LogP contribution in [0.2, 0.25) is 0 Å². The Hall–Kier alpha value is -1.73. The summed E-state index contributed by atoms with van der Waals surface area (Å²) in [5.74, 6) is 0.844. The van der Waals surface area contributed by atoms with Gasteiger partial charge in [0.05, 0.1) is 12.7 Å². The number of aromatic nitrogens is 4. The molecule has 7 heteroatoms. The number of aliphatic hydroxyl groups excluding tert-OH is 2. The van der Waals surface area contributed by atoms with Crippen LogP contribution in [-0.4, -0.2) is 42.9 Å². The summed E-state index contributed by atoms with van der Waals surface area (Å²) < 4.78 is 0. The first-order valence-electron chi connectivity index (χ1n) is 4.44. The summed E-state index contributed by atoms with van der Waals surface area (Å²) in [4.78, 5) is 14.7. The number of aromatic amines is 1. The molecular weight excluding hydrogens is 198 g/mol. The Balaban J connectivity index is 2.35. The third kappa shape index (κ3) is 1.88. The number of imidazole rings is 1. The van der Waals surface area contributed by atoms with Crippen LogP contribution >= 0.6 is 0 Å². The van der Waals surface area contributed by atoms with Crippen molar-refractivity contribution < 1.29 is 10.2 Å². The molecule has 5 N–H and O–H groups in total. The molecule has 2 aromatic heterocycles. The number of aliphatic hydroxyl groups is 2. The second kappa shape index (κ2) is 3.79. The Bertz CT molecular complexity index is 469. The van der Waals surface area contributed by atoms with E-state index in [4.69, 9.17) is 10.8 Å². The molecule has 0 radical (unpaired) electrons. The minimum atomic E-state index is -0.834. The quantitative estimate of drug-likeness (QED) is 0.505. The van der Waals surface area contributed by atoms with Crippen LogP contribution in [0.4, 0.5) is 5.82 Å². The fourth-order valence-corrected chi connectivity index (χ4v) is 1.28. The van der Waals surface area contributed by atoms with Crippen LogP contribution in [0.25, 0.3) is 11.2 Å². The number of H-pyrrole nitrogens is 1. The van der Waals surface area contributed by atoms with E-state index in [1.165, 1.54) is 6.33 Å². The molecule has 15 heavy (non-hydrogen) atoms. The van der Waals surface area contributed by atoms with Gasteiger partial charge in [-0.2, -0.15) is 0 Å². The van der Waals surface area contributed by atoms with E-state index in [0.717, 1.165) is 0 Å². The highest BCUT2D eigenvalue weighted by Crippen LogP contribution is 2.13. The molecule has 0 spiro atoms. The van der Waals surface area contributed by atoms with Crippen molar-refractivity contribution in [3.8, 4) is 0 Å². The molecule has 0 bridgehead atoms. The van der Waals surface area contributed by atoms with Crippen molar-refractivity contribution in [3.05, 3.63) is 12.2 Å². The highest BCUT2D eigenvalue weighted by atomic mass is 16.3. The Morgan fingerprint density at radius 3 is 2.93 bits per heavy atom. The Labute approximate surface area is 85.0 Å². The molecule has 1 atom stereocenters. The number of fused-ring (bicyclic) bond motifs is 1. The van der Waals surface area contributed by atoms with E-state index in [2.05, 4.69) is 19.9 Å². The highest BCUT2D eigenvalue weighted by Gasteiger charge is 2.10. The fraction of sp³-hybridized carbons (Fsp3) is 0.375. The number of nitrogen functional groups attached to an aromatic ring is 1. The van der Waals surface area contributed by atoms with Crippen molar-refractivity contribution in [2.75, 3.05) is 12.3 Å². The number of hydrogen-bond donors (Lipinski definition) is 4. The largest absolute Gasteiger partial charge is 0.394 e. The molecule has 80 valence electrons.